The molecule has 2 heteroatoms. The van der Waals surface area contributed by atoms with E-state index in [2.05, 4.69) is 36.5 Å². The predicted octanol–water partition coefficient (Wildman–Crippen LogP) is 4.37. The van der Waals surface area contributed by atoms with E-state index in [0.717, 1.165) is 6.54 Å². The quantitative estimate of drug-likeness (QED) is 0.597. The highest BCUT2D eigenvalue weighted by molar-refractivity contribution is 4.97. The lowest BCUT2D eigenvalue weighted by atomic mass is 10.1. The van der Waals surface area contributed by atoms with Crippen molar-refractivity contribution in [3.63, 3.8) is 0 Å². The molecule has 0 bridgehead atoms. The Labute approximate surface area is 100 Å². The summed E-state index contributed by atoms with van der Waals surface area (Å²) >= 11 is 0. The van der Waals surface area contributed by atoms with Gasteiger partial charge in [0.25, 0.3) is 0 Å². The van der Waals surface area contributed by atoms with Crippen LogP contribution < -0.4 is 0 Å². The summed E-state index contributed by atoms with van der Waals surface area (Å²) in [5.41, 5.74) is 0. The van der Waals surface area contributed by atoms with Gasteiger partial charge in [0.2, 0.25) is 0 Å². The zero-order valence-electron chi connectivity index (χ0n) is 11.1. The van der Waals surface area contributed by atoms with E-state index in [1.54, 1.807) is 0 Å². The van der Waals surface area contributed by atoms with Gasteiger partial charge in [-0.3, -0.25) is 0 Å². The van der Waals surface area contributed by atoms with Crippen molar-refractivity contribution in [1.29, 1.82) is 0 Å². The molecule has 1 heterocycles. The van der Waals surface area contributed by atoms with Crippen LogP contribution in [0.4, 0.5) is 0 Å². The maximum Gasteiger partial charge on any atom is 0.111 e. The van der Waals surface area contributed by atoms with Crippen LogP contribution >= 0.6 is 0 Å². The van der Waals surface area contributed by atoms with Crippen molar-refractivity contribution in [2.45, 2.75) is 71.8 Å². The highest BCUT2D eigenvalue weighted by atomic mass is 15.1. The first-order valence-electron chi connectivity index (χ1n) is 6.76. The van der Waals surface area contributed by atoms with Crippen LogP contribution in [-0.2, 0) is 6.54 Å². The molecule has 1 aromatic rings. The standard InChI is InChI=1S/C14H26N2/c1-4-5-6-7-8-9-11-16-12-10-15-14(16)13(2)3/h10,12-13H,4-9,11H2,1-3H3. The van der Waals surface area contributed by atoms with Gasteiger partial charge in [0.1, 0.15) is 5.82 Å². The van der Waals surface area contributed by atoms with Crippen molar-refractivity contribution < 1.29 is 0 Å². The van der Waals surface area contributed by atoms with Gasteiger partial charge in [-0.05, 0) is 6.42 Å². The molecule has 92 valence electrons. The van der Waals surface area contributed by atoms with E-state index in [1.165, 1.54) is 44.3 Å². The van der Waals surface area contributed by atoms with Gasteiger partial charge in [0.15, 0.2) is 0 Å². The molecular formula is C14H26N2. The minimum atomic E-state index is 0.537. The van der Waals surface area contributed by atoms with Gasteiger partial charge < -0.3 is 4.57 Å². The minimum Gasteiger partial charge on any atom is -0.335 e. The fraction of sp³-hybridized carbons (Fsp3) is 0.786. The number of hydrogen-bond acceptors (Lipinski definition) is 1. The van der Waals surface area contributed by atoms with Crippen LogP contribution in [0.2, 0.25) is 0 Å². The third-order valence-corrected chi connectivity index (χ3v) is 3.02. The summed E-state index contributed by atoms with van der Waals surface area (Å²) in [5, 5.41) is 0. The minimum absolute atomic E-state index is 0.537. The zero-order chi connectivity index (χ0) is 11.8. The Morgan fingerprint density at radius 1 is 1.12 bits per heavy atom. The monoisotopic (exact) mass is 222 g/mol. The molecule has 2 nitrogen and oxygen atoms in total. The number of nitrogens with zero attached hydrogens (tertiary/aromatic N) is 2. The Balaban J connectivity index is 2.19. The van der Waals surface area contributed by atoms with E-state index in [1.807, 2.05) is 6.20 Å². The number of aryl methyl sites for hydroxylation is 1. The molecule has 0 N–H and O–H groups in total. The van der Waals surface area contributed by atoms with Crippen LogP contribution in [-0.4, -0.2) is 9.55 Å². The maximum absolute atomic E-state index is 4.41. The van der Waals surface area contributed by atoms with Crippen molar-refractivity contribution in [3.05, 3.63) is 18.2 Å². The molecule has 0 fully saturated rings. The van der Waals surface area contributed by atoms with E-state index in [4.69, 9.17) is 0 Å². The van der Waals surface area contributed by atoms with Gasteiger partial charge in [0, 0.05) is 24.9 Å². The highest BCUT2D eigenvalue weighted by Gasteiger charge is 2.05. The van der Waals surface area contributed by atoms with E-state index >= 15 is 0 Å². The van der Waals surface area contributed by atoms with Crippen LogP contribution in [0.15, 0.2) is 12.4 Å². The Bertz CT molecular complexity index is 276. The molecule has 1 aromatic heterocycles. The number of aromatic nitrogens is 2. The van der Waals surface area contributed by atoms with Crippen LogP contribution in [0, 0.1) is 0 Å². The molecule has 0 radical (unpaired) electrons. The number of imidazole rings is 1. The van der Waals surface area contributed by atoms with Crippen LogP contribution in [0.3, 0.4) is 0 Å². The molecule has 0 aliphatic rings. The van der Waals surface area contributed by atoms with Crippen LogP contribution in [0.25, 0.3) is 0 Å². The first-order valence-corrected chi connectivity index (χ1v) is 6.76. The molecule has 1 rings (SSSR count). The van der Waals surface area contributed by atoms with Gasteiger partial charge in [0.05, 0.1) is 0 Å². The van der Waals surface area contributed by atoms with Gasteiger partial charge in [-0.15, -0.1) is 0 Å². The van der Waals surface area contributed by atoms with Crippen molar-refractivity contribution >= 4 is 0 Å². The van der Waals surface area contributed by atoms with E-state index in [9.17, 15) is 0 Å². The average Bonchev–Trinajstić information content (AvgIpc) is 2.71. The first-order chi connectivity index (χ1) is 7.75. The average molecular weight is 222 g/mol. The summed E-state index contributed by atoms with van der Waals surface area (Å²) in [7, 11) is 0. The van der Waals surface area contributed by atoms with E-state index < -0.39 is 0 Å². The lowest BCUT2D eigenvalue weighted by Gasteiger charge is -2.09. The fourth-order valence-electron chi connectivity index (χ4n) is 2.07. The first kappa shape index (κ1) is 13.3. The summed E-state index contributed by atoms with van der Waals surface area (Å²) in [6.07, 6.45) is 12.2. The third-order valence-electron chi connectivity index (χ3n) is 3.02. The number of rotatable bonds is 8. The normalized spacial score (nSPS) is 11.2. The van der Waals surface area contributed by atoms with Crippen molar-refractivity contribution in [2.24, 2.45) is 0 Å². The summed E-state index contributed by atoms with van der Waals surface area (Å²) in [6, 6.07) is 0. The molecule has 0 saturated carbocycles. The molecule has 0 spiro atoms. The third kappa shape index (κ3) is 4.38. The SMILES string of the molecule is CCCCCCCCn1ccnc1C(C)C. The van der Waals surface area contributed by atoms with Crippen LogP contribution in [0.1, 0.15) is 71.0 Å². The van der Waals surface area contributed by atoms with Crippen molar-refractivity contribution in [2.75, 3.05) is 0 Å². The Morgan fingerprint density at radius 2 is 1.81 bits per heavy atom. The Morgan fingerprint density at radius 3 is 2.50 bits per heavy atom. The summed E-state index contributed by atoms with van der Waals surface area (Å²) in [5.74, 6) is 1.77. The summed E-state index contributed by atoms with van der Waals surface area (Å²) in [4.78, 5) is 4.41. The molecule has 0 aliphatic carbocycles. The van der Waals surface area contributed by atoms with Crippen molar-refractivity contribution in [3.8, 4) is 0 Å². The number of hydrogen-bond donors (Lipinski definition) is 0. The second kappa shape index (κ2) is 7.48. The smallest absolute Gasteiger partial charge is 0.111 e. The summed E-state index contributed by atoms with van der Waals surface area (Å²) in [6.45, 7) is 7.82. The lowest BCUT2D eigenvalue weighted by molar-refractivity contribution is 0.537. The second-order valence-electron chi connectivity index (χ2n) is 4.90. The van der Waals surface area contributed by atoms with Gasteiger partial charge in [-0.2, -0.15) is 0 Å². The zero-order valence-corrected chi connectivity index (χ0v) is 11.1. The molecular weight excluding hydrogens is 196 g/mol. The van der Waals surface area contributed by atoms with Gasteiger partial charge in [-0.25, -0.2) is 4.98 Å². The van der Waals surface area contributed by atoms with Crippen molar-refractivity contribution in [1.82, 2.24) is 9.55 Å². The van der Waals surface area contributed by atoms with Crippen LogP contribution in [0.5, 0.6) is 0 Å². The molecule has 0 unspecified atom stereocenters. The maximum atomic E-state index is 4.41. The van der Waals surface area contributed by atoms with E-state index in [-0.39, 0.29) is 0 Å². The number of unbranched alkanes of at least 4 members (excludes halogenated alkanes) is 5. The predicted molar refractivity (Wildman–Crippen MR) is 69.7 cm³/mol. The molecule has 0 atom stereocenters. The Hall–Kier alpha value is -0.790. The highest BCUT2D eigenvalue weighted by Crippen LogP contribution is 2.13. The lowest BCUT2D eigenvalue weighted by Crippen LogP contribution is -2.04. The molecule has 0 aromatic carbocycles. The fourth-order valence-corrected chi connectivity index (χ4v) is 2.07. The Kier molecular flexibility index (Phi) is 6.20. The molecule has 0 amide bonds. The molecule has 16 heavy (non-hydrogen) atoms. The largest absolute Gasteiger partial charge is 0.335 e. The van der Waals surface area contributed by atoms with E-state index in [0.29, 0.717) is 5.92 Å². The molecule has 0 saturated heterocycles. The molecule has 0 aliphatic heterocycles. The second-order valence-corrected chi connectivity index (χ2v) is 4.90. The van der Waals surface area contributed by atoms with Gasteiger partial charge >= 0.3 is 0 Å². The topological polar surface area (TPSA) is 17.8 Å². The summed E-state index contributed by atoms with van der Waals surface area (Å²) < 4.78 is 2.31. The van der Waals surface area contributed by atoms with Gasteiger partial charge in [-0.1, -0.05) is 52.9 Å².